The molecule has 2 N–H and O–H groups in total. The minimum absolute atomic E-state index is 0. The molecule has 0 bridgehead atoms. The van der Waals surface area contributed by atoms with Crippen LogP contribution in [0.5, 0.6) is 0 Å². The number of rotatable bonds is 5. The van der Waals surface area contributed by atoms with Gasteiger partial charge in [-0.25, -0.2) is 0 Å². The number of hydrogen-bond acceptors (Lipinski definition) is 6. The molecule has 0 radical (unpaired) electrons. The lowest BCUT2D eigenvalue weighted by atomic mass is 10.2. The third-order valence-corrected chi connectivity index (χ3v) is 3.77. The Labute approximate surface area is 134 Å². The lowest BCUT2D eigenvalue weighted by Crippen LogP contribution is -2.40. The summed E-state index contributed by atoms with van der Waals surface area (Å²) in [6.07, 6.45) is 5.93. The van der Waals surface area contributed by atoms with Crippen LogP contribution in [0.25, 0.3) is 11.4 Å². The number of aromatic nitrogens is 2. The maximum absolute atomic E-state index is 12.2. The number of nitrogens with two attached hydrogens (primary N) is 1. The van der Waals surface area contributed by atoms with Gasteiger partial charge in [-0.3, -0.25) is 4.79 Å². The molecule has 2 aromatic rings. The summed E-state index contributed by atoms with van der Waals surface area (Å²) < 4.78 is 10.1. The average Bonchev–Trinajstić information content (AvgIpc) is 3.24. The molecule has 22 heavy (non-hydrogen) atoms. The maximum Gasteiger partial charge on any atom is 0.227 e. The SMILES string of the molecule is Cl.NCC1CCCN1C(=O)CCc1nc(-c2ccoc2)no1. The molecule has 2 aromatic heterocycles. The number of amides is 1. The summed E-state index contributed by atoms with van der Waals surface area (Å²) in [5, 5.41) is 3.87. The summed E-state index contributed by atoms with van der Waals surface area (Å²) in [5.41, 5.74) is 6.45. The zero-order valence-corrected chi connectivity index (χ0v) is 12.9. The van der Waals surface area contributed by atoms with Gasteiger partial charge in [0.15, 0.2) is 0 Å². The van der Waals surface area contributed by atoms with Crippen molar-refractivity contribution in [3.05, 3.63) is 24.5 Å². The van der Waals surface area contributed by atoms with E-state index in [0.29, 0.717) is 31.1 Å². The molecule has 0 saturated carbocycles. The van der Waals surface area contributed by atoms with Crippen LogP contribution in [0, 0.1) is 0 Å². The van der Waals surface area contributed by atoms with Crippen molar-refractivity contribution in [1.29, 1.82) is 0 Å². The topological polar surface area (TPSA) is 98.4 Å². The van der Waals surface area contributed by atoms with Gasteiger partial charge in [0.1, 0.15) is 6.26 Å². The zero-order valence-electron chi connectivity index (χ0n) is 12.1. The minimum Gasteiger partial charge on any atom is -0.472 e. The van der Waals surface area contributed by atoms with Crippen LogP contribution in [0.3, 0.4) is 0 Å². The van der Waals surface area contributed by atoms with E-state index in [1.54, 1.807) is 18.6 Å². The van der Waals surface area contributed by atoms with E-state index in [1.165, 1.54) is 0 Å². The van der Waals surface area contributed by atoms with E-state index in [2.05, 4.69) is 10.1 Å². The maximum atomic E-state index is 12.2. The Hall–Kier alpha value is -1.86. The smallest absolute Gasteiger partial charge is 0.227 e. The third kappa shape index (κ3) is 3.48. The molecule has 1 amide bonds. The molecular formula is C14H19ClN4O3. The zero-order chi connectivity index (χ0) is 14.7. The van der Waals surface area contributed by atoms with Crippen LogP contribution in [0.4, 0.5) is 0 Å². The van der Waals surface area contributed by atoms with Crippen LogP contribution in [-0.4, -0.2) is 40.1 Å². The summed E-state index contributed by atoms with van der Waals surface area (Å²) >= 11 is 0. The fourth-order valence-electron chi connectivity index (χ4n) is 2.63. The Balaban J connectivity index is 0.00000176. The van der Waals surface area contributed by atoms with Crippen LogP contribution in [-0.2, 0) is 11.2 Å². The molecule has 1 unspecified atom stereocenters. The van der Waals surface area contributed by atoms with Crippen LogP contribution in [0.1, 0.15) is 25.2 Å². The number of aryl methyl sites for hydroxylation is 1. The predicted molar refractivity (Wildman–Crippen MR) is 81.4 cm³/mol. The van der Waals surface area contributed by atoms with Gasteiger partial charge >= 0.3 is 0 Å². The van der Waals surface area contributed by atoms with Crippen molar-refractivity contribution in [3.8, 4) is 11.4 Å². The van der Waals surface area contributed by atoms with E-state index in [-0.39, 0.29) is 24.4 Å². The molecular weight excluding hydrogens is 308 g/mol. The van der Waals surface area contributed by atoms with Gasteiger partial charge in [-0.1, -0.05) is 5.16 Å². The van der Waals surface area contributed by atoms with Crippen molar-refractivity contribution >= 4 is 18.3 Å². The van der Waals surface area contributed by atoms with Crippen LogP contribution >= 0.6 is 12.4 Å². The van der Waals surface area contributed by atoms with Gasteiger partial charge in [-0.05, 0) is 18.9 Å². The van der Waals surface area contributed by atoms with Crippen molar-refractivity contribution < 1.29 is 13.7 Å². The molecule has 0 aliphatic carbocycles. The number of carbonyl (C=O) groups excluding carboxylic acids is 1. The Kier molecular flexibility index (Phi) is 5.57. The molecule has 1 saturated heterocycles. The number of nitrogens with zero attached hydrogens (tertiary/aromatic N) is 3. The van der Waals surface area contributed by atoms with E-state index >= 15 is 0 Å². The molecule has 1 atom stereocenters. The van der Waals surface area contributed by atoms with E-state index in [0.717, 1.165) is 24.9 Å². The Morgan fingerprint density at radius 1 is 1.50 bits per heavy atom. The molecule has 3 rings (SSSR count). The highest BCUT2D eigenvalue weighted by atomic mass is 35.5. The highest BCUT2D eigenvalue weighted by Gasteiger charge is 2.27. The highest BCUT2D eigenvalue weighted by Crippen LogP contribution is 2.19. The highest BCUT2D eigenvalue weighted by molar-refractivity contribution is 5.85. The average molecular weight is 327 g/mol. The number of hydrogen-bond donors (Lipinski definition) is 1. The quantitative estimate of drug-likeness (QED) is 0.896. The molecule has 8 heteroatoms. The Morgan fingerprint density at radius 3 is 3.09 bits per heavy atom. The number of furan rings is 1. The summed E-state index contributed by atoms with van der Waals surface area (Å²) in [7, 11) is 0. The monoisotopic (exact) mass is 326 g/mol. The molecule has 0 aromatic carbocycles. The van der Waals surface area contributed by atoms with E-state index < -0.39 is 0 Å². The second kappa shape index (κ2) is 7.42. The van der Waals surface area contributed by atoms with Gasteiger partial charge in [0, 0.05) is 32.0 Å². The summed E-state index contributed by atoms with van der Waals surface area (Å²) in [4.78, 5) is 18.3. The Bertz CT molecular complexity index is 599. The fraction of sp³-hybridized carbons (Fsp3) is 0.500. The van der Waals surface area contributed by atoms with Crippen molar-refractivity contribution in [1.82, 2.24) is 15.0 Å². The molecule has 3 heterocycles. The second-order valence-electron chi connectivity index (χ2n) is 5.14. The first-order valence-electron chi connectivity index (χ1n) is 7.12. The fourth-order valence-corrected chi connectivity index (χ4v) is 2.63. The lowest BCUT2D eigenvalue weighted by Gasteiger charge is -2.23. The second-order valence-corrected chi connectivity index (χ2v) is 5.14. The minimum atomic E-state index is 0. The van der Waals surface area contributed by atoms with Crippen LogP contribution < -0.4 is 5.73 Å². The first-order valence-corrected chi connectivity index (χ1v) is 7.12. The molecule has 7 nitrogen and oxygen atoms in total. The van der Waals surface area contributed by atoms with Crippen molar-refractivity contribution in [2.45, 2.75) is 31.7 Å². The van der Waals surface area contributed by atoms with E-state index in [1.807, 2.05) is 4.90 Å². The van der Waals surface area contributed by atoms with Gasteiger partial charge in [-0.15, -0.1) is 12.4 Å². The predicted octanol–water partition coefficient (Wildman–Crippen LogP) is 1.63. The Morgan fingerprint density at radius 2 is 2.36 bits per heavy atom. The van der Waals surface area contributed by atoms with Crippen LogP contribution in [0.2, 0.25) is 0 Å². The standard InChI is InChI=1S/C14H18N4O3.ClH/c15-8-11-2-1-6-18(11)13(19)4-3-12-16-14(17-21-12)10-5-7-20-9-10;/h5,7,9,11H,1-4,6,8,15H2;1H. The number of carbonyl (C=O) groups is 1. The summed E-state index contributed by atoms with van der Waals surface area (Å²) in [6.45, 7) is 1.32. The normalized spacial score (nSPS) is 17.5. The largest absolute Gasteiger partial charge is 0.472 e. The van der Waals surface area contributed by atoms with Gasteiger partial charge in [-0.2, -0.15) is 4.98 Å². The molecule has 1 fully saturated rings. The molecule has 1 aliphatic rings. The molecule has 120 valence electrons. The van der Waals surface area contributed by atoms with E-state index in [9.17, 15) is 4.79 Å². The summed E-state index contributed by atoms with van der Waals surface area (Å²) in [6, 6.07) is 1.94. The summed E-state index contributed by atoms with van der Waals surface area (Å²) in [5.74, 6) is 1.04. The van der Waals surface area contributed by atoms with Gasteiger partial charge in [0.2, 0.25) is 17.6 Å². The van der Waals surface area contributed by atoms with Gasteiger partial charge in [0.05, 0.1) is 11.8 Å². The van der Waals surface area contributed by atoms with Crippen molar-refractivity contribution in [3.63, 3.8) is 0 Å². The number of likely N-dealkylation sites (tertiary alicyclic amines) is 1. The van der Waals surface area contributed by atoms with Gasteiger partial charge < -0.3 is 19.6 Å². The van der Waals surface area contributed by atoms with E-state index in [4.69, 9.17) is 14.7 Å². The van der Waals surface area contributed by atoms with Crippen molar-refractivity contribution in [2.75, 3.05) is 13.1 Å². The first kappa shape index (κ1) is 16.5. The van der Waals surface area contributed by atoms with Crippen LogP contribution in [0.15, 0.2) is 27.5 Å². The molecule has 0 spiro atoms. The first-order chi connectivity index (χ1) is 10.3. The third-order valence-electron chi connectivity index (χ3n) is 3.77. The number of halogens is 1. The lowest BCUT2D eigenvalue weighted by molar-refractivity contribution is -0.131. The molecule has 1 aliphatic heterocycles. The van der Waals surface area contributed by atoms with Gasteiger partial charge in [0.25, 0.3) is 0 Å². The van der Waals surface area contributed by atoms with Crippen molar-refractivity contribution in [2.24, 2.45) is 5.73 Å².